The van der Waals surface area contributed by atoms with E-state index in [4.69, 9.17) is 9.84 Å². The third-order valence-electron chi connectivity index (χ3n) is 6.47. The van der Waals surface area contributed by atoms with Crippen LogP contribution in [0.5, 0.6) is 5.75 Å². The number of hydrogen-bond acceptors (Lipinski definition) is 9. The first-order valence-corrected chi connectivity index (χ1v) is 12.0. The fraction of sp³-hybridized carbons (Fsp3) is 0.308. The number of amides is 1. The van der Waals surface area contributed by atoms with E-state index in [0.717, 1.165) is 22.3 Å². The van der Waals surface area contributed by atoms with E-state index < -0.39 is 24.8 Å². The topological polar surface area (TPSA) is 142 Å². The zero-order valence-electron chi connectivity index (χ0n) is 20.8. The number of nitrogens with zero attached hydrogens (tertiary/aromatic N) is 7. The Morgan fingerprint density at radius 1 is 1.29 bits per heavy atom. The van der Waals surface area contributed by atoms with E-state index in [9.17, 15) is 14.4 Å². The van der Waals surface area contributed by atoms with Crippen molar-refractivity contribution in [1.82, 2.24) is 29.6 Å². The molecule has 0 bridgehead atoms. The summed E-state index contributed by atoms with van der Waals surface area (Å²) in [6.45, 7) is 1.39. The first-order chi connectivity index (χ1) is 18.4. The number of aliphatic hydroxyl groups is 1. The van der Waals surface area contributed by atoms with Crippen LogP contribution >= 0.6 is 0 Å². The number of aliphatic hydroxyl groups excluding tert-OH is 1. The van der Waals surface area contributed by atoms with E-state index in [1.807, 2.05) is 36.9 Å². The third kappa shape index (κ3) is 4.96. The molecule has 1 fully saturated rings. The maximum atomic E-state index is 14.7. The fourth-order valence-corrected chi connectivity index (χ4v) is 4.51. The van der Waals surface area contributed by atoms with Crippen LogP contribution in [0.4, 0.5) is 16.0 Å². The minimum absolute atomic E-state index is 0.169. The minimum Gasteiger partial charge on any atom is -0.486 e. The van der Waals surface area contributed by atoms with E-state index in [-0.39, 0.29) is 30.8 Å². The molecule has 11 nitrogen and oxygen atoms in total. The number of alkyl halides is 1. The summed E-state index contributed by atoms with van der Waals surface area (Å²) >= 11 is 0. The molecule has 0 unspecified atom stereocenters. The molecule has 2 aromatic heterocycles. The van der Waals surface area contributed by atoms with Gasteiger partial charge in [0, 0.05) is 36.7 Å². The quantitative estimate of drug-likeness (QED) is 0.395. The second-order valence-corrected chi connectivity index (χ2v) is 8.98. The maximum absolute atomic E-state index is 14.7. The Labute approximate surface area is 217 Å². The molecule has 1 aliphatic rings. The van der Waals surface area contributed by atoms with Crippen LogP contribution in [0.1, 0.15) is 17.7 Å². The number of aryl methyl sites for hydroxylation is 2. The molecule has 0 saturated carbocycles. The van der Waals surface area contributed by atoms with Crippen LogP contribution in [0.2, 0.25) is 0 Å². The number of piperidine rings is 1. The maximum Gasteiger partial charge on any atom is 0.248 e. The highest BCUT2D eigenvalue weighted by molar-refractivity contribution is 5.85. The van der Waals surface area contributed by atoms with Crippen LogP contribution in [0, 0.1) is 18.3 Å². The highest BCUT2D eigenvalue weighted by atomic mass is 19.1. The van der Waals surface area contributed by atoms with Crippen molar-refractivity contribution < 1.29 is 19.0 Å². The number of carbonyl (C=O) groups excluding carboxylic acids is 1. The number of halogens is 1. The molecule has 194 valence electrons. The first-order valence-electron chi connectivity index (χ1n) is 12.0. The van der Waals surface area contributed by atoms with Crippen LogP contribution in [0.15, 0.2) is 42.7 Å². The summed E-state index contributed by atoms with van der Waals surface area (Å²) in [6, 6.07) is 12.8. The van der Waals surface area contributed by atoms with Crippen LogP contribution in [0.25, 0.3) is 22.3 Å². The molecule has 2 atom stereocenters. The van der Waals surface area contributed by atoms with Gasteiger partial charge in [-0.3, -0.25) is 9.48 Å². The molecule has 1 saturated heterocycles. The van der Waals surface area contributed by atoms with E-state index in [0.29, 0.717) is 17.3 Å². The van der Waals surface area contributed by atoms with E-state index in [2.05, 4.69) is 31.4 Å². The van der Waals surface area contributed by atoms with Gasteiger partial charge in [-0.1, -0.05) is 0 Å². The van der Waals surface area contributed by atoms with Crippen molar-refractivity contribution >= 4 is 28.4 Å². The molecule has 4 aromatic rings. The second kappa shape index (κ2) is 10.4. The predicted molar refractivity (Wildman–Crippen MR) is 136 cm³/mol. The Morgan fingerprint density at radius 2 is 2.13 bits per heavy atom. The smallest absolute Gasteiger partial charge is 0.248 e. The molecule has 2 aromatic carbocycles. The summed E-state index contributed by atoms with van der Waals surface area (Å²) < 4.78 is 22.3. The molecular weight excluding hydrogens is 491 g/mol. The highest BCUT2D eigenvalue weighted by Gasteiger charge is 2.33. The summed E-state index contributed by atoms with van der Waals surface area (Å²) in [5.74, 6) is 0.392. The average Bonchev–Trinajstić information content (AvgIpc) is 3.21. The standard InChI is InChI=1S/C26H25FN8O3/c1-15-19-5-4-18(10-21(19)34(2)33-15)31-26-30-14-29-25(32-26)16-3-6-22(17(9-16)11-28)38-23-7-8-35(12-20(23)27)24(37)13-36/h3-6,9-10,14,20,23,36H,7-8,12-13H2,1-2H3,(H,29,30,31,32)/t20-,23-/m0/s1. The molecule has 3 heterocycles. The molecule has 0 radical (unpaired) electrons. The number of nitriles is 1. The number of rotatable bonds is 6. The van der Waals surface area contributed by atoms with Crippen molar-refractivity contribution in [3.8, 4) is 23.2 Å². The van der Waals surface area contributed by atoms with Crippen LogP contribution < -0.4 is 10.1 Å². The monoisotopic (exact) mass is 516 g/mol. The van der Waals surface area contributed by atoms with Gasteiger partial charge in [-0.2, -0.15) is 15.3 Å². The van der Waals surface area contributed by atoms with Crippen molar-refractivity contribution in [2.45, 2.75) is 25.6 Å². The van der Waals surface area contributed by atoms with Gasteiger partial charge in [0.15, 0.2) is 12.0 Å². The molecule has 0 spiro atoms. The van der Waals surface area contributed by atoms with E-state index in [1.54, 1.807) is 18.2 Å². The summed E-state index contributed by atoms with van der Waals surface area (Å²) in [5.41, 5.74) is 3.47. The number of aromatic nitrogens is 5. The number of nitrogens with one attached hydrogen (secondary N) is 1. The van der Waals surface area contributed by atoms with Crippen molar-refractivity contribution in [3.63, 3.8) is 0 Å². The number of likely N-dealkylation sites (tertiary alicyclic amines) is 1. The Bertz CT molecular complexity index is 1550. The van der Waals surface area contributed by atoms with Crippen molar-refractivity contribution in [1.29, 1.82) is 5.26 Å². The number of hydrogen-bond donors (Lipinski definition) is 2. The lowest BCUT2D eigenvalue weighted by Crippen LogP contribution is -2.50. The Morgan fingerprint density at radius 3 is 2.89 bits per heavy atom. The van der Waals surface area contributed by atoms with Gasteiger partial charge in [0.2, 0.25) is 11.9 Å². The summed E-state index contributed by atoms with van der Waals surface area (Å²) in [4.78, 5) is 25.8. The Hall–Kier alpha value is -4.63. The molecule has 1 aliphatic heterocycles. The van der Waals surface area contributed by atoms with Gasteiger partial charge < -0.3 is 20.1 Å². The van der Waals surface area contributed by atoms with E-state index in [1.165, 1.54) is 11.2 Å². The molecule has 2 N–H and O–H groups in total. The highest BCUT2D eigenvalue weighted by Crippen LogP contribution is 2.29. The van der Waals surface area contributed by atoms with Gasteiger partial charge in [-0.15, -0.1) is 0 Å². The fourth-order valence-electron chi connectivity index (χ4n) is 4.51. The predicted octanol–water partition coefficient (Wildman–Crippen LogP) is 2.66. The number of carbonyl (C=O) groups is 1. The van der Waals surface area contributed by atoms with Gasteiger partial charge >= 0.3 is 0 Å². The summed E-state index contributed by atoms with van der Waals surface area (Å²) in [6.07, 6.45) is -0.642. The lowest BCUT2D eigenvalue weighted by atomic mass is 10.0. The third-order valence-corrected chi connectivity index (χ3v) is 6.47. The lowest BCUT2D eigenvalue weighted by Gasteiger charge is -2.34. The van der Waals surface area contributed by atoms with Gasteiger partial charge in [-0.05, 0) is 43.3 Å². The summed E-state index contributed by atoms with van der Waals surface area (Å²) in [5, 5.41) is 27.4. The van der Waals surface area contributed by atoms with Crippen LogP contribution in [0.3, 0.4) is 0 Å². The van der Waals surface area contributed by atoms with Crippen molar-refractivity contribution in [2.24, 2.45) is 7.05 Å². The lowest BCUT2D eigenvalue weighted by molar-refractivity contribution is -0.138. The molecule has 12 heteroatoms. The Balaban J connectivity index is 1.33. The average molecular weight is 517 g/mol. The minimum atomic E-state index is -1.45. The number of anilines is 2. The first kappa shape index (κ1) is 25.0. The van der Waals surface area contributed by atoms with Crippen molar-refractivity contribution in [3.05, 3.63) is 54.0 Å². The van der Waals surface area contributed by atoms with Gasteiger partial charge in [0.1, 0.15) is 30.9 Å². The molecule has 0 aliphatic carbocycles. The summed E-state index contributed by atoms with van der Waals surface area (Å²) in [7, 11) is 1.88. The number of fused-ring (bicyclic) bond motifs is 1. The van der Waals surface area contributed by atoms with Crippen molar-refractivity contribution in [2.75, 3.05) is 25.0 Å². The largest absolute Gasteiger partial charge is 0.486 e. The van der Waals surface area contributed by atoms with E-state index >= 15 is 0 Å². The van der Waals surface area contributed by atoms with Gasteiger partial charge in [-0.25, -0.2) is 14.4 Å². The molecular formula is C26H25FN8O3. The molecule has 38 heavy (non-hydrogen) atoms. The number of ether oxygens (including phenoxy) is 1. The van der Waals surface area contributed by atoms with Crippen LogP contribution in [-0.2, 0) is 11.8 Å². The second-order valence-electron chi connectivity index (χ2n) is 8.98. The normalized spacial score (nSPS) is 17.3. The van der Waals surface area contributed by atoms with Crippen LogP contribution in [-0.4, -0.2) is 72.6 Å². The molecule has 1 amide bonds. The zero-order chi connectivity index (χ0) is 26.8. The van der Waals surface area contributed by atoms with Gasteiger partial charge in [0.05, 0.1) is 23.3 Å². The SMILES string of the molecule is Cc1nn(C)c2cc(Nc3ncnc(-c4ccc(O[C@H]5CCN(C(=O)CO)C[C@@H]5F)c(C#N)c4)n3)ccc12. The number of benzene rings is 2. The molecule has 5 rings (SSSR count). The Kier molecular flexibility index (Phi) is 6.85. The van der Waals surface area contributed by atoms with Gasteiger partial charge in [0.25, 0.3) is 0 Å². The zero-order valence-corrected chi connectivity index (χ0v) is 20.8.